The first-order valence-electron chi connectivity index (χ1n) is 6.26. The minimum Gasteiger partial charge on any atom is -0.369 e. The lowest BCUT2D eigenvalue weighted by Crippen LogP contribution is -2.05. The first-order valence-corrected chi connectivity index (χ1v) is 6.26. The SMILES string of the molecule is Cc1ccc2c(c1)nc(N)n2Cc1cnn(C)c1C. The van der Waals surface area contributed by atoms with Crippen LogP contribution in [0, 0.1) is 13.8 Å². The van der Waals surface area contributed by atoms with Gasteiger partial charge < -0.3 is 10.3 Å². The summed E-state index contributed by atoms with van der Waals surface area (Å²) in [5.74, 6) is 0.545. The molecule has 0 bridgehead atoms. The van der Waals surface area contributed by atoms with Crippen molar-refractivity contribution in [1.82, 2.24) is 19.3 Å². The summed E-state index contributed by atoms with van der Waals surface area (Å²) in [6, 6.07) is 6.20. The molecule has 0 aliphatic rings. The molecule has 0 aliphatic heterocycles. The lowest BCUT2D eigenvalue weighted by Gasteiger charge is -2.06. The van der Waals surface area contributed by atoms with E-state index < -0.39 is 0 Å². The summed E-state index contributed by atoms with van der Waals surface area (Å²) in [6.07, 6.45) is 1.88. The fraction of sp³-hybridized carbons (Fsp3) is 0.286. The molecular formula is C14H17N5. The predicted octanol–water partition coefficient (Wildman–Crippen LogP) is 2.02. The van der Waals surface area contributed by atoms with E-state index in [0.29, 0.717) is 12.5 Å². The van der Waals surface area contributed by atoms with Gasteiger partial charge in [-0.3, -0.25) is 4.68 Å². The quantitative estimate of drug-likeness (QED) is 0.762. The van der Waals surface area contributed by atoms with E-state index in [0.717, 1.165) is 22.3 Å². The van der Waals surface area contributed by atoms with Crippen LogP contribution < -0.4 is 5.73 Å². The van der Waals surface area contributed by atoms with Crippen molar-refractivity contribution in [2.24, 2.45) is 7.05 Å². The zero-order valence-electron chi connectivity index (χ0n) is 11.4. The Morgan fingerprint density at radius 2 is 2.05 bits per heavy atom. The average molecular weight is 255 g/mol. The van der Waals surface area contributed by atoms with Gasteiger partial charge in [-0.25, -0.2) is 4.98 Å². The molecule has 3 aromatic rings. The Labute approximate surface area is 111 Å². The normalized spacial score (nSPS) is 11.3. The summed E-state index contributed by atoms with van der Waals surface area (Å²) in [4.78, 5) is 4.42. The molecule has 19 heavy (non-hydrogen) atoms. The Balaban J connectivity index is 2.10. The summed E-state index contributed by atoms with van der Waals surface area (Å²) in [5.41, 5.74) is 11.5. The molecule has 1 aromatic carbocycles. The van der Waals surface area contributed by atoms with Crippen LogP contribution in [0.15, 0.2) is 24.4 Å². The van der Waals surface area contributed by atoms with E-state index in [-0.39, 0.29) is 0 Å². The Kier molecular flexibility index (Phi) is 2.55. The number of aryl methyl sites for hydroxylation is 2. The minimum atomic E-state index is 0.545. The molecule has 98 valence electrons. The molecule has 0 atom stereocenters. The maximum absolute atomic E-state index is 6.03. The molecule has 0 unspecified atom stereocenters. The number of imidazole rings is 1. The second kappa shape index (κ2) is 4.12. The number of aromatic nitrogens is 4. The van der Waals surface area contributed by atoms with E-state index in [1.807, 2.05) is 22.5 Å². The maximum Gasteiger partial charge on any atom is 0.201 e. The molecule has 3 rings (SSSR count). The van der Waals surface area contributed by atoms with Crippen LogP contribution in [0.3, 0.4) is 0 Å². The molecule has 0 saturated heterocycles. The third-order valence-corrected chi connectivity index (χ3v) is 3.60. The molecule has 0 spiro atoms. The molecular weight excluding hydrogens is 238 g/mol. The van der Waals surface area contributed by atoms with Gasteiger partial charge in [0.05, 0.1) is 23.8 Å². The van der Waals surface area contributed by atoms with Crippen molar-refractivity contribution in [3.8, 4) is 0 Å². The van der Waals surface area contributed by atoms with Crippen LogP contribution in [0.4, 0.5) is 5.95 Å². The Hall–Kier alpha value is -2.30. The van der Waals surface area contributed by atoms with E-state index in [4.69, 9.17) is 5.73 Å². The Morgan fingerprint density at radius 3 is 2.74 bits per heavy atom. The number of hydrogen-bond acceptors (Lipinski definition) is 3. The first-order chi connectivity index (χ1) is 9.06. The highest BCUT2D eigenvalue weighted by molar-refractivity contribution is 5.79. The number of nitrogen functional groups attached to an aromatic ring is 1. The Morgan fingerprint density at radius 1 is 1.26 bits per heavy atom. The zero-order valence-corrected chi connectivity index (χ0v) is 11.4. The molecule has 0 amide bonds. The summed E-state index contributed by atoms with van der Waals surface area (Å²) in [6.45, 7) is 4.81. The van der Waals surface area contributed by atoms with Gasteiger partial charge >= 0.3 is 0 Å². The van der Waals surface area contributed by atoms with E-state index in [1.54, 1.807) is 0 Å². The first kappa shape index (κ1) is 11.8. The van der Waals surface area contributed by atoms with Gasteiger partial charge in [-0.1, -0.05) is 6.07 Å². The summed E-state index contributed by atoms with van der Waals surface area (Å²) in [5, 5.41) is 4.26. The highest BCUT2D eigenvalue weighted by Gasteiger charge is 2.11. The average Bonchev–Trinajstić information content (AvgIpc) is 2.84. The number of hydrogen-bond donors (Lipinski definition) is 1. The van der Waals surface area contributed by atoms with E-state index in [2.05, 4.69) is 42.1 Å². The number of anilines is 1. The van der Waals surface area contributed by atoms with Crippen LogP contribution >= 0.6 is 0 Å². The number of rotatable bonds is 2. The molecule has 2 heterocycles. The van der Waals surface area contributed by atoms with E-state index in [9.17, 15) is 0 Å². The van der Waals surface area contributed by atoms with Crippen LogP contribution in [0.1, 0.15) is 16.8 Å². The van der Waals surface area contributed by atoms with Gasteiger partial charge in [0.15, 0.2) is 0 Å². The molecule has 0 aliphatic carbocycles. The van der Waals surface area contributed by atoms with Crippen LogP contribution in [0.5, 0.6) is 0 Å². The van der Waals surface area contributed by atoms with Gasteiger partial charge in [0.1, 0.15) is 0 Å². The monoisotopic (exact) mass is 255 g/mol. The van der Waals surface area contributed by atoms with Crippen molar-refractivity contribution in [3.63, 3.8) is 0 Å². The highest BCUT2D eigenvalue weighted by Crippen LogP contribution is 2.21. The van der Waals surface area contributed by atoms with Crippen molar-refractivity contribution in [2.45, 2.75) is 20.4 Å². The fourth-order valence-electron chi connectivity index (χ4n) is 2.29. The summed E-state index contributed by atoms with van der Waals surface area (Å²) < 4.78 is 3.90. The van der Waals surface area contributed by atoms with Gasteiger partial charge in [-0.15, -0.1) is 0 Å². The predicted molar refractivity (Wildman–Crippen MR) is 75.9 cm³/mol. The third kappa shape index (κ3) is 1.87. The fourth-order valence-corrected chi connectivity index (χ4v) is 2.29. The van der Waals surface area contributed by atoms with Gasteiger partial charge in [-0.05, 0) is 31.5 Å². The highest BCUT2D eigenvalue weighted by atomic mass is 15.3. The standard InChI is InChI=1S/C14H17N5/c1-9-4-5-13-12(6-9)17-14(15)19(13)8-11-7-16-18(3)10(11)2/h4-7H,8H2,1-3H3,(H2,15,17). The second-order valence-electron chi connectivity index (χ2n) is 4.93. The summed E-state index contributed by atoms with van der Waals surface area (Å²) >= 11 is 0. The van der Waals surface area contributed by atoms with Crippen molar-refractivity contribution >= 4 is 17.0 Å². The topological polar surface area (TPSA) is 61.7 Å². The molecule has 0 fully saturated rings. The third-order valence-electron chi connectivity index (χ3n) is 3.60. The summed E-state index contributed by atoms with van der Waals surface area (Å²) in [7, 11) is 1.94. The van der Waals surface area contributed by atoms with Crippen molar-refractivity contribution in [1.29, 1.82) is 0 Å². The van der Waals surface area contributed by atoms with Crippen LogP contribution in [0.25, 0.3) is 11.0 Å². The van der Waals surface area contributed by atoms with Crippen molar-refractivity contribution in [2.75, 3.05) is 5.73 Å². The smallest absolute Gasteiger partial charge is 0.201 e. The lowest BCUT2D eigenvalue weighted by molar-refractivity contribution is 0.734. The number of benzene rings is 1. The van der Waals surface area contributed by atoms with E-state index >= 15 is 0 Å². The number of nitrogens with two attached hydrogens (primary N) is 1. The molecule has 0 radical (unpaired) electrons. The molecule has 5 heteroatoms. The number of fused-ring (bicyclic) bond motifs is 1. The zero-order chi connectivity index (χ0) is 13.6. The molecule has 2 aromatic heterocycles. The van der Waals surface area contributed by atoms with Crippen molar-refractivity contribution in [3.05, 3.63) is 41.2 Å². The second-order valence-corrected chi connectivity index (χ2v) is 4.93. The Bertz CT molecular complexity index is 751. The maximum atomic E-state index is 6.03. The number of nitrogens with zero attached hydrogens (tertiary/aromatic N) is 4. The van der Waals surface area contributed by atoms with Crippen LogP contribution in [-0.4, -0.2) is 19.3 Å². The van der Waals surface area contributed by atoms with Gasteiger partial charge in [0.2, 0.25) is 5.95 Å². The van der Waals surface area contributed by atoms with Crippen LogP contribution in [0.2, 0.25) is 0 Å². The molecule has 2 N–H and O–H groups in total. The van der Waals surface area contributed by atoms with Gasteiger partial charge in [0, 0.05) is 18.3 Å². The molecule has 0 saturated carbocycles. The van der Waals surface area contributed by atoms with Crippen molar-refractivity contribution < 1.29 is 0 Å². The minimum absolute atomic E-state index is 0.545. The van der Waals surface area contributed by atoms with Gasteiger partial charge in [-0.2, -0.15) is 5.10 Å². The van der Waals surface area contributed by atoms with E-state index in [1.165, 1.54) is 5.56 Å². The largest absolute Gasteiger partial charge is 0.369 e. The van der Waals surface area contributed by atoms with Crippen LogP contribution in [-0.2, 0) is 13.6 Å². The molecule has 5 nitrogen and oxygen atoms in total. The van der Waals surface area contributed by atoms with Gasteiger partial charge in [0.25, 0.3) is 0 Å². The lowest BCUT2D eigenvalue weighted by atomic mass is 10.2.